The van der Waals surface area contributed by atoms with Crippen LogP contribution in [0.1, 0.15) is 29.4 Å². The molecule has 5 heteroatoms. The third-order valence-electron chi connectivity index (χ3n) is 5.00. The van der Waals surface area contributed by atoms with Gasteiger partial charge in [-0.05, 0) is 44.2 Å². The molecule has 0 amide bonds. The first-order valence-electron chi connectivity index (χ1n) is 9.33. The Morgan fingerprint density at radius 1 is 1.00 bits per heavy atom. The SMILES string of the molecule is Cc1oc(-c2ccc(-c3ccccc3)cc2)nc1CN(C)C(C)c1nccs1. The maximum atomic E-state index is 5.97. The van der Waals surface area contributed by atoms with Crippen molar-refractivity contribution in [2.45, 2.75) is 26.4 Å². The summed E-state index contributed by atoms with van der Waals surface area (Å²) in [6.07, 6.45) is 1.85. The highest BCUT2D eigenvalue weighted by Gasteiger charge is 2.18. The lowest BCUT2D eigenvalue weighted by atomic mass is 10.0. The predicted molar refractivity (Wildman–Crippen MR) is 114 cm³/mol. The molecule has 0 radical (unpaired) electrons. The quantitative estimate of drug-likeness (QED) is 0.408. The van der Waals surface area contributed by atoms with E-state index in [0.717, 1.165) is 28.6 Å². The van der Waals surface area contributed by atoms with Crippen molar-refractivity contribution >= 4 is 11.3 Å². The zero-order chi connectivity index (χ0) is 19.5. The van der Waals surface area contributed by atoms with Gasteiger partial charge in [-0.15, -0.1) is 11.3 Å². The Labute approximate surface area is 169 Å². The lowest BCUT2D eigenvalue weighted by molar-refractivity contribution is 0.248. The number of thiazole rings is 1. The van der Waals surface area contributed by atoms with Crippen molar-refractivity contribution in [2.24, 2.45) is 0 Å². The molecule has 2 heterocycles. The third-order valence-corrected chi connectivity index (χ3v) is 5.95. The van der Waals surface area contributed by atoms with Crippen LogP contribution in [0.2, 0.25) is 0 Å². The predicted octanol–water partition coefficient (Wildman–Crippen LogP) is 5.97. The molecule has 0 aliphatic carbocycles. The summed E-state index contributed by atoms with van der Waals surface area (Å²) in [5.74, 6) is 1.53. The number of oxazole rings is 1. The second kappa shape index (κ2) is 8.09. The fourth-order valence-electron chi connectivity index (χ4n) is 3.14. The van der Waals surface area contributed by atoms with Gasteiger partial charge in [0, 0.05) is 23.7 Å². The summed E-state index contributed by atoms with van der Waals surface area (Å²) in [6, 6.07) is 19.0. The summed E-state index contributed by atoms with van der Waals surface area (Å²) in [4.78, 5) is 11.4. The van der Waals surface area contributed by atoms with E-state index in [1.54, 1.807) is 11.3 Å². The topological polar surface area (TPSA) is 42.2 Å². The molecule has 0 N–H and O–H groups in total. The van der Waals surface area contributed by atoms with Gasteiger partial charge in [0.25, 0.3) is 0 Å². The van der Waals surface area contributed by atoms with Gasteiger partial charge in [-0.1, -0.05) is 42.5 Å². The molecule has 0 saturated carbocycles. The van der Waals surface area contributed by atoms with Gasteiger partial charge >= 0.3 is 0 Å². The van der Waals surface area contributed by atoms with E-state index in [-0.39, 0.29) is 6.04 Å². The number of rotatable bonds is 6. The molecule has 4 rings (SSSR count). The van der Waals surface area contributed by atoms with Gasteiger partial charge in [-0.25, -0.2) is 9.97 Å². The molecule has 142 valence electrons. The maximum Gasteiger partial charge on any atom is 0.226 e. The van der Waals surface area contributed by atoms with Gasteiger partial charge < -0.3 is 4.42 Å². The highest BCUT2D eigenvalue weighted by molar-refractivity contribution is 7.09. The van der Waals surface area contributed by atoms with E-state index >= 15 is 0 Å². The van der Waals surface area contributed by atoms with Crippen molar-refractivity contribution in [2.75, 3.05) is 7.05 Å². The Hall–Kier alpha value is -2.76. The Morgan fingerprint density at radius 3 is 2.36 bits per heavy atom. The van der Waals surface area contributed by atoms with E-state index in [1.807, 2.05) is 24.6 Å². The molecule has 0 spiro atoms. The van der Waals surface area contributed by atoms with Gasteiger partial charge in [-0.2, -0.15) is 0 Å². The summed E-state index contributed by atoms with van der Waals surface area (Å²) < 4.78 is 5.97. The molecule has 0 bridgehead atoms. The number of hydrogen-bond donors (Lipinski definition) is 0. The van der Waals surface area contributed by atoms with Crippen molar-refractivity contribution in [3.05, 3.63) is 82.6 Å². The monoisotopic (exact) mass is 389 g/mol. The number of aromatic nitrogens is 2. The van der Waals surface area contributed by atoms with Crippen LogP contribution < -0.4 is 0 Å². The fourth-order valence-corrected chi connectivity index (χ4v) is 3.90. The van der Waals surface area contributed by atoms with E-state index in [9.17, 15) is 0 Å². The summed E-state index contributed by atoms with van der Waals surface area (Å²) >= 11 is 1.68. The summed E-state index contributed by atoms with van der Waals surface area (Å²) in [5.41, 5.74) is 4.35. The minimum Gasteiger partial charge on any atom is -0.441 e. The zero-order valence-electron chi connectivity index (χ0n) is 16.3. The Kier molecular flexibility index (Phi) is 5.37. The van der Waals surface area contributed by atoms with Crippen molar-refractivity contribution in [1.29, 1.82) is 0 Å². The lowest BCUT2D eigenvalue weighted by Gasteiger charge is -2.21. The molecule has 2 aromatic heterocycles. The molecule has 0 aliphatic heterocycles. The molecular formula is C23H23N3OS. The molecule has 0 fully saturated rings. The van der Waals surface area contributed by atoms with Crippen molar-refractivity contribution in [1.82, 2.24) is 14.9 Å². The molecule has 0 aliphatic rings. The number of benzene rings is 2. The number of hydrogen-bond acceptors (Lipinski definition) is 5. The fraction of sp³-hybridized carbons (Fsp3) is 0.217. The van der Waals surface area contributed by atoms with E-state index < -0.39 is 0 Å². The van der Waals surface area contributed by atoms with Gasteiger partial charge in [-0.3, -0.25) is 4.90 Å². The van der Waals surface area contributed by atoms with Crippen LogP contribution in [0.3, 0.4) is 0 Å². The lowest BCUT2D eigenvalue weighted by Crippen LogP contribution is -2.22. The average Bonchev–Trinajstić information content (AvgIpc) is 3.39. The van der Waals surface area contributed by atoms with Crippen molar-refractivity contribution in [3.8, 4) is 22.6 Å². The first-order chi connectivity index (χ1) is 13.6. The Balaban J connectivity index is 1.51. The van der Waals surface area contributed by atoms with Crippen LogP contribution >= 0.6 is 11.3 Å². The smallest absolute Gasteiger partial charge is 0.226 e. The number of nitrogens with zero attached hydrogens (tertiary/aromatic N) is 3. The van der Waals surface area contributed by atoms with Crippen LogP contribution in [0.4, 0.5) is 0 Å². The summed E-state index contributed by atoms with van der Waals surface area (Å²) in [7, 11) is 2.09. The van der Waals surface area contributed by atoms with Crippen LogP contribution in [-0.2, 0) is 6.54 Å². The van der Waals surface area contributed by atoms with Gasteiger partial charge in [0.15, 0.2) is 0 Å². The third kappa shape index (κ3) is 3.91. The molecule has 1 atom stereocenters. The second-order valence-corrected chi connectivity index (χ2v) is 7.85. The van der Waals surface area contributed by atoms with Crippen LogP contribution in [0, 0.1) is 6.92 Å². The van der Waals surface area contributed by atoms with Crippen LogP contribution in [0.25, 0.3) is 22.6 Å². The standard InChI is InChI=1S/C23H23N3OS/c1-16(23-24-13-14-28-23)26(3)15-21-17(2)27-22(25-21)20-11-9-19(10-12-20)18-7-5-4-6-8-18/h4-14,16H,15H2,1-3H3. The summed E-state index contributed by atoms with van der Waals surface area (Å²) in [5, 5.41) is 3.12. The van der Waals surface area contributed by atoms with Crippen LogP contribution in [0.5, 0.6) is 0 Å². The minimum atomic E-state index is 0.240. The zero-order valence-corrected chi connectivity index (χ0v) is 17.1. The highest BCUT2D eigenvalue weighted by atomic mass is 32.1. The molecule has 1 unspecified atom stereocenters. The Morgan fingerprint density at radius 2 is 1.68 bits per heavy atom. The summed E-state index contributed by atoms with van der Waals surface area (Å²) in [6.45, 7) is 4.86. The second-order valence-electron chi connectivity index (χ2n) is 6.93. The molecule has 2 aromatic carbocycles. The molecule has 28 heavy (non-hydrogen) atoms. The van der Waals surface area contributed by atoms with Crippen LogP contribution in [-0.4, -0.2) is 21.9 Å². The average molecular weight is 390 g/mol. The van der Waals surface area contributed by atoms with Crippen LogP contribution in [0.15, 0.2) is 70.6 Å². The van der Waals surface area contributed by atoms with Gasteiger partial charge in [0.2, 0.25) is 5.89 Å². The van der Waals surface area contributed by atoms with Crippen molar-refractivity contribution in [3.63, 3.8) is 0 Å². The maximum absolute atomic E-state index is 5.97. The first kappa shape index (κ1) is 18.6. The minimum absolute atomic E-state index is 0.240. The van der Waals surface area contributed by atoms with E-state index in [2.05, 4.69) is 72.4 Å². The molecular weight excluding hydrogens is 366 g/mol. The largest absolute Gasteiger partial charge is 0.441 e. The Bertz CT molecular complexity index is 1020. The molecule has 4 nitrogen and oxygen atoms in total. The van der Waals surface area contributed by atoms with E-state index in [1.165, 1.54) is 11.1 Å². The molecule has 4 aromatic rings. The van der Waals surface area contributed by atoms with E-state index in [0.29, 0.717) is 5.89 Å². The number of aryl methyl sites for hydroxylation is 1. The normalized spacial score (nSPS) is 12.4. The van der Waals surface area contributed by atoms with Crippen molar-refractivity contribution < 1.29 is 4.42 Å². The van der Waals surface area contributed by atoms with Gasteiger partial charge in [0.05, 0.1) is 11.7 Å². The first-order valence-corrected chi connectivity index (χ1v) is 10.2. The highest BCUT2D eigenvalue weighted by Crippen LogP contribution is 2.28. The molecule has 0 saturated heterocycles. The van der Waals surface area contributed by atoms with Gasteiger partial charge in [0.1, 0.15) is 10.8 Å². The van der Waals surface area contributed by atoms with E-state index in [4.69, 9.17) is 9.40 Å².